The lowest BCUT2D eigenvalue weighted by Gasteiger charge is -2.16. The molecule has 0 bridgehead atoms. The minimum Gasteiger partial charge on any atom is -0.493 e. The van der Waals surface area contributed by atoms with Gasteiger partial charge in [0.2, 0.25) is 17.6 Å². The molecule has 1 unspecified atom stereocenters. The molecule has 0 aliphatic carbocycles. The summed E-state index contributed by atoms with van der Waals surface area (Å²) in [6.45, 7) is 1.98. The SMILES string of the molecule is COc1cc(NC(=O)C2CC(=O)N(c3cc(C)on3)C2)cc(OC)c1OC. The molecule has 0 saturated carbocycles. The van der Waals surface area contributed by atoms with Crippen LogP contribution in [0.1, 0.15) is 12.2 Å². The first kappa shape index (κ1) is 18.6. The van der Waals surface area contributed by atoms with E-state index in [9.17, 15) is 9.59 Å². The van der Waals surface area contributed by atoms with E-state index in [1.165, 1.54) is 26.2 Å². The van der Waals surface area contributed by atoms with Crippen molar-refractivity contribution in [3.05, 3.63) is 24.0 Å². The Kier molecular flexibility index (Phi) is 5.20. The van der Waals surface area contributed by atoms with Crippen molar-refractivity contribution >= 4 is 23.3 Å². The smallest absolute Gasteiger partial charge is 0.229 e. The number of anilines is 2. The van der Waals surface area contributed by atoms with Gasteiger partial charge in [0.15, 0.2) is 17.3 Å². The van der Waals surface area contributed by atoms with E-state index in [1.54, 1.807) is 25.1 Å². The first-order valence-electron chi connectivity index (χ1n) is 8.31. The van der Waals surface area contributed by atoms with Crippen molar-refractivity contribution < 1.29 is 28.3 Å². The first-order chi connectivity index (χ1) is 13.0. The molecule has 1 aliphatic heterocycles. The molecule has 1 aromatic carbocycles. The third-order valence-electron chi connectivity index (χ3n) is 4.32. The molecule has 0 radical (unpaired) electrons. The minimum atomic E-state index is -0.506. The number of methoxy groups -OCH3 is 3. The highest BCUT2D eigenvalue weighted by molar-refractivity contribution is 6.03. The van der Waals surface area contributed by atoms with Gasteiger partial charge >= 0.3 is 0 Å². The van der Waals surface area contributed by atoms with Crippen molar-refractivity contribution in [3.63, 3.8) is 0 Å². The summed E-state index contributed by atoms with van der Waals surface area (Å²) in [5.41, 5.74) is 0.484. The van der Waals surface area contributed by atoms with Gasteiger partial charge in [0.25, 0.3) is 0 Å². The van der Waals surface area contributed by atoms with E-state index < -0.39 is 5.92 Å². The van der Waals surface area contributed by atoms with E-state index in [1.807, 2.05) is 0 Å². The Balaban J connectivity index is 1.75. The van der Waals surface area contributed by atoms with Crippen LogP contribution in [0.2, 0.25) is 0 Å². The number of hydrogen-bond donors (Lipinski definition) is 1. The molecule has 144 valence electrons. The van der Waals surface area contributed by atoms with Gasteiger partial charge in [-0.1, -0.05) is 5.16 Å². The maximum atomic E-state index is 12.6. The fraction of sp³-hybridized carbons (Fsp3) is 0.389. The van der Waals surface area contributed by atoms with Crippen molar-refractivity contribution in [3.8, 4) is 17.2 Å². The number of carbonyl (C=O) groups is 2. The van der Waals surface area contributed by atoms with Crippen LogP contribution in [0.15, 0.2) is 22.7 Å². The number of nitrogens with zero attached hydrogens (tertiary/aromatic N) is 2. The maximum Gasteiger partial charge on any atom is 0.229 e. The summed E-state index contributed by atoms with van der Waals surface area (Å²) in [5, 5.41) is 6.65. The highest BCUT2D eigenvalue weighted by Gasteiger charge is 2.36. The molecule has 2 heterocycles. The maximum absolute atomic E-state index is 12.6. The zero-order chi connectivity index (χ0) is 19.6. The quantitative estimate of drug-likeness (QED) is 0.823. The molecular weight excluding hydrogens is 354 g/mol. The fourth-order valence-electron chi connectivity index (χ4n) is 2.98. The van der Waals surface area contributed by atoms with Crippen LogP contribution in [-0.2, 0) is 9.59 Å². The van der Waals surface area contributed by atoms with Gasteiger partial charge in [0, 0.05) is 36.9 Å². The van der Waals surface area contributed by atoms with Gasteiger partial charge in [-0.25, -0.2) is 0 Å². The van der Waals surface area contributed by atoms with E-state index in [0.717, 1.165) is 0 Å². The first-order valence-corrected chi connectivity index (χ1v) is 8.31. The summed E-state index contributed by atoms with van der Waals surface area (Å²) in [4.78, 5) is 26.3. The van der Waals surface area contributed by atoms with Crippen molar-refractivity contribution in [2.45, 2.75) is 13.3 Å². The van der Waals surface area contributed by atoms with Crippen LogP contribution in [0.25, 0.3) is 0 Å². The minimum absolute atomic E-state index is 0.0994. The number of benzene rings is 1. The summed E-state index contributed by atoms with van der Waals surface area (Å²) in [6.07, 6.45) is 0.0994. The van der Waals surface area contributed by atoms with Crippen LogP contribution < -0.4 is 24.4 Å². The molecule has 27 heavy (non-hydrogen) atoms. The lowest BCUT2D eigenvalue weighted by atomic mass is 10.1. The van der Waals surface area contributed by atoms with E-state index in [0.29, 0.717) is 34.5 Å². The number of rotatable bonds is 6. The topological polar surface area (TPSA) is 103 Å². The molecule has 9 heteroatoms. The standard InChI is InChI=1S/C18H21N3O6/c1-10-5-15(20-27-10)21-9-11(6-16(21)22)18(23)19-12-7-13(24-2)17(26-4)14(8-12)25-3/h5,7-8,11H,6,9H2,1-4H3,(H,19,23). The van der Waals surface area contributed by atoms with E-state index in [-0.39, 0.29) is 24.8 Å². The van der Waals surface area contributed by atoms with Crippen LogP contribution >= 0.6 is 0 Å². The Labute approximate surface area is 156 Å². The molecule has 1 saturated heterocycles. The normalized spacial score (nSPS) is 16.4. The van der Waals surface area contributed by atoms with Gasteiger partial charge in [-0.3, -0.25) is 14.5 Å². The van der Waals surface area contributed by atoms with Gasteiger partial charge in [-0.2, -0.15) is 0 Å². The zero-order valence-electron chi connectivity index (χ0n) is 15.6. The third-order valence-corrected chi connectivity index (χ3v) is 4.32. The summed E-state index contributed by atoms with van der Waals surface area (Å²) in [7, 11) is 4.50. The van der Waals surface area contributed by atoms with E-state index >= 15 is 0 Å². The predicted molar refractivity (Wildman–Crippen MR) is 96.4 cm³/mol. The zero-order valence-corrected chi connectivity index (χ0v) is 15.6. The molecule has 1 N–H and O–H groups in total. The Hall–Kier alpha value is -3.23. The molecule has 1 fully saturated rings. The van der Waals surface area contributed by atoms with Crippen LogP contribution in [0.3, 0.4) is 0 Å². The van der Waals surface area contributed by atoms with Crippen molar-refractivity contribution in [1.29, 1.82) is 0 Å². The number of amides is 2. The van der Waals surface area contributed by atoms with Gasteiger partial charge in [-0.05, 0) is 6.92 Å². The predicted octanol–water partition coefficient (Wildman–Crippen LogP) is 2.00. The molecular formula is C18H21N3O6. The molecule has 1 aliphatic rings. The summed E-state index contributed by atoms with van der Waals surface area (Å²) in [6, 6.07) is 4.93. The second kappa shape index (κ2) is 7.56. The van der Waals surface area contributed by atoms with E-state index in [2.05, 4.69) is 10.5 Å². The van der Waals surface area contributed by atoms with Gasteiger partial charge < -0.3 is 24.1 Å². The lowest BCUT2D eigenvalue weighted by molar-refractivity contribution is -0.122. The van der Waals surface area contributed by atoms with E-state index in [4.69, 9.17) is 18.7 Å². The molecule has 1 aromatic heterocycles. The van der Waals surface area contributed by atoms with Crippen molar-refractivity contribution in [1.82, 2.24) is 5.16 Å². The van der Waals surface area contributed by atoms with Gasteiger partial charge in [0.05, 0.1) is 27.2 Å². The lowest BCUT2D eigenvalue weighted by Crippen LogP contribution is -2.28. The van der Waals surface area contributed by atoms with Gasteiger partial charge in [-0.15, -0.1) is 0 Å². The second-order valence-electron chi connectivity index (χ2n) is 6.10. The highest BCUT2D eigenvalue weighted by atomic mass is 16.5. The van der Waals surface area contributed by atoms with Crippen LogP contribution in [0, 0.1) is 12.8 Å². The average molecular weight is 375 g/mol. The molecule has 9 nitrogen and oxygen atoms in total. The molecule has 2 aromatic rings. The number of aryl methyl sites for hydroxylation is 1. The van der Waals surface area contributed by atoms with Gasteiger partial charge in [0.1, 0.15) is 5.76 Å². The van der Waals surface area contributed by atoms with Crippen LogP contribution in [0.5, 0.6) is 17.2 Å². The monoisotopic (exact) mass is 375 g/mol. The summed E-state index contributed by atoms with van der Waals surface area (Å²) < 4.78 is 20.8. The largest absolute Gasteiger partial charge is 0.493 e. The highest BCUT2D eigenvalue weighted by Crippen LogP contribution is 2.40. The summed E-state index contributed by atoms with van der Waals surface area (Å²) >= 11 is 0. The molecule has 0 spiro atoms. The average Bonchev–Trinajstić information content (AvgIpc) is 3.26. The Morgan fingerprint density at radius 3 is 2.37 bits per heavy atom. The Bertz CT molecular complexity index is 838. The number of ether oxygens (including phenoxy) is 3. The number of hydrogen-bond acceptors (Lipinski definition) is 7. The second-order valence-corrected chi connectivity index (χ2v) is 6.10. The Morgan fingerprint density at radius 2 is 1.85 bits per heavy atom. The number of aromatic nitrogens is 1. The van der Waals surface area contributed by atoms with Crippen molar-refractivity contribution in [2.75, 3.05) is 38.1 Å². The fourth-order valence-corrected chi connectivity index (χ4v) is 2.98. The molecule has 3 rings (SSSR count). The van der Waals surface area contributed by atoms with Crippen LogP contribution in [-0.4, -0.2) is 44.8 Å². The Morgan fingerprint density at radius 1 is 1.19 bits per heavy atom. The third kappa shape index (κ3) is 3.67. The molecule has 1 atom stereocenters. The summed E-state index contributed by atoms with van der Waals surface area (Å²) in [5.74, 6) is 1.34. The molecule has 2 amide bonds. The number of nitrogens with one attached hydrogen (secondary N) is 1. The van der Waals surface area contributed by atoms with Crippen LogP contribution in [0.4, 0.5) is 11.5 Å². The number of carbonyl (C=O) groups excluding carboxylic acids is 2. The van der Waals surface area contributed by atoms with Crippen molar-refractivity contribution in [2.24, 2.45) is 5.92 Å².